The number of ether oxygens (including phenoxy) is 1. The Morgan fingerprint density at radius 2 is 1.93 bits per heavy atom. The van der Waals surface area contributed by atoms with Crippen LogP contribution in [0.5, 0.6) is 5.75 Å². The molecule has 0 radical (unpaired) electrons. The molecule has 0 aliphatic carbocycles. The molecule has 6 heteroatoms. The highest BCUT2D eigenvalue weighted by Gasteiger charge is 2.10. The number of halogens is 1. The Bertz CT molecular complexity index is 960. The molecule has 0 aliphatic rings. The van der Waals surface area contributed by atoms with Crippen molar-refractivity contribution in [2.24, 2.45) is 0 Å². The number of pyridine rings is 1. The molecular weight excluding hydrogens is 362 g/mol. The van der Waals surface area contributed by atoms with Crippen LogP contribution in [0.4, 0.5) is 17.1 Å². The third kappa shape index (κ3) is 4.77. The lowest BCUT2D eigenvalue weighted by molar-refractivity contribution is 0.102. The second-order valence-corrected chi connectivity index (χ2v) is 6.31. The van der Waals surface area contributed by atoms with E-state index in [1.165, 1.54) is 0 Å². The predicted octanol–water partition coefficient (Wildman–Crippen LogP) is 5.44. The molecule has 0 bridgehead atoms. The summed E-state index contributed by atoms with van der Waals surface area (Å²) in [6, 6.07) is 16.5. The largest absolute Gasteiger partial charge is 0.492 e. The fourth-order valence-corrected chi connectivity index (χ4v) is 2.69. The van der Waals surface area contributed by atoms with Gasteiger partial charge in [-0.15, -0.1) is 0 Å². The van der Waals surface area contributed by atoms with E-state index in [9.17, 15) is 4.79 Å². The molecule has 0 saturated heterocycles. The van der Waals surface area contributed by atoms with Crippen molar-refractivity contribution in [3.63, 3.8) is 0 Å². The van der Waals surface area contributed by atoms with Crippen molar-refractivity contribution in [2.45, 2.75) is 13.8 Å². The maximum absolute atomic E-state index is 12.5. The summed E-state index contributed by atoms with van der Waals surface area (Å²) in [7, 11) is 0. The molecular formula is C21H20ClN3O2. The maximum Gasteiger partial charge on any atom is 0.274 e. The Morgan fingerprint density at radius 1 is 1.11 bits per heavy atom. The van der Waals surface area contributed by atoms with Crippen molar-refractivity contribution in [3.05, 3.63) is 77.1 Å². The zero-order valence-electron chi connectivity index (χ0n) is 15.1. The third-order valence-electron chi connectivity index (χ3n) is 3.89. The molecule has 1 aromatic heterocycles. The smallest absolute Gasteiger partial charge is 0.274 e. The molecule has 0 saturated carbocycles. The molecule has 0 aliphatic heterocycles. The highest BCUT2D eigenvalue weighted by molar-refractivity contribution is 6.31. The summed E-state index contributed by atoms with van der Waals surface area (Å²) in [5.74, 6) is 0.439. The van der Waals surface area contributed by atoms with Crippen LogP contribution in [0, 0.1) is 6.92 Å². The van der Waals surface area contributed by atoms with Gasteiger partial charge in [-0.25, -0.2) is 0 Å². The van der Waals surface area contributed by atoms with Crippen LogP contribution in [0.2, 0.25) is 5.02 Å². The average molecular weight is 382 g/mol. The lowest BCUT2D eigenvalue weighted by Crippen LogP contribution is -2.14. The molecule has 2 N–H and O–H groups in total. The number of carbonyl (C=O) groups excluding carboxylic acids is 1. The third-order valence-corrected chi connectivity index (χ3v) is 4.30. The lowest BCUT2D eigenvalue weighted by Gasteiger charge is -2.13. The van der Waals surface area contributed by atoms with Gasteiger partial charge in [0.2, 0.25) is 0 Å². The first-order chi connectivity index (χ1) is 13.1. The number of aromatic nitrogens is 1. The van der Waals surface area contributed by atoms with Crippen molar-refractivity contribution in [1.82, 2.24) is 4.98 Å². The summed E-state index contributed by atoms with van der Waals surface area (Å²) >= 11 is 6.11. The number of nitrogens with one attached hydrogen (secondary N) is 2. The molecule has 1 heterocycles. The minimum absolute atomic E-state index is 0.297. The summed E-state index contributed by atoms with van der Waals surface area (Å²) in [5.41, 5.74) is 3.43. The molecule has 27 heavy (non-hydrogen) atoms. The highest BCUT2D eigenvalue weighted by Crippen LogP contribution is 2.27. The van der Waals surface area contributed by atoms with Crippen LogP contribution in [0.1, 0.15) is 23.0 Å². The Hall–Kier alpha value is -3.05. The minimum Gasteiger partial charge on any atom is -0.492 e. The van der Waals surface area contributed by atoms with E-state index in [0.717, 1.165) is 22.7 Å². The van der Waals surface area contributed by atoms with Gasteiger partial charge in [-0.2, -0.15) is 0 Å². The van der Waals surface area contributed by atoms with Gasteiger partial charge in [-0.1, -0.05) is 29.8 Å². The number of hydrogen-bond acceptors (Lipinski definition) is 4. The standard InChI is InChI=1S/C21H20ClN3O2/c1-3-27-20-7-5-4-6-18(20)24-16-10-11-23-19(13-16)21(26)25-15-9-8-14(2)17(22)12-15/h4-13H,3H2,1-2H3,(H,23,24)(H,25,26). The molecule has 2 aromatic carbocycles. The van der Waals surface area contributed by atoms with Crippen molar-refractivity contribution in [3.8, 4) is 5.75 Å². The van der Waals surface area contributed by atoms with E-state index in [4.69, 9.17) is 16.3 Å². The number of nitrogens with zero attached hydrogens (tertiary/aromatic N) is 1. The summed E-state index contributed by atoms with van der Waals surface area (Å²) < 4.78 is 5.62. The number of carbonyl (C=O) groups is 1. The number of anilines is 3. The molecule has 138 valence electrons. The monoisotopic (exact) mass is 381 g/mol. The Kier molecular flexibility index (Phi) is 5.94. The molecule has 5 nitrogen and oxygen atoms in total. The Labute approximate surface area is 163 Å². The van der Waals surface area contributed by atoms with E-state index in [1.807, 2.05) is 44.2 Å². The summed E-state index contributed by atoms with van der Waals surface area (Å²) in [6.45, 7) is 4.41. The number of para-hydroxylation sites is 2. The first-order valence-corrected chi connectivity index (χ1v) is 8.97. The zero-order chi connectivity index (χ0) is 19.2. The van der Waals surface area contributed by atoms with E-state index < -0.39 is 0 Å². The summed E-state index contributed by atoms with van der Waals surface area (Å²) in [6.07, 6.45) is 1.59. The van der Waals surface area contributed by atoms with Crippen LogP contribution in [-0.4, -0.2) is 17.5 Å². The van der Waals surface area contributed by atoms with Crippen LogP contribution in [-0.2, 0) is 0 Å². The van der Waals surface area contributed by atoms with Gasteiger partial charge in [-0.05, 0) is 55.8 Å². The maximum atomic E-state index is 12.5. The predicted molar refractivity (Wildman–Crippen MR) is 109 cm³/mol. The summed E-state index contributed by atoms with van der Waals surface area (Å²) in [5, 5.41) is 6.68. The van der Waals surface area contributed by atoms with Crippen molar-refractivity contribution in [1.29, 1.82) is 0 Å². The SMILES string of the molecule is CCOc1ccccc1Nc1ccnc(C(=O)Nc2ccc(C)c(Cl)c2)c1. The number of hydrogen-bond donors (Lipinski definition) is 2. The molecule has 0 fully saturated rings. The zero-order valence-corrected chi connectivity index (χ0v) is 15.9. The van der Waals surface area contributed by atoms with Gasteiger partial charge in [0, 0.05) is 22.6 Å². The lowest BCUT2D eigenvalue weighted by atomic mass is 10.2. The van der Waals surface area contributed by atoms with Gasteiger partial charge in [0.15, 0.2) is 0 Å². The van der Waals surface area contributed by atoms with Crippen LogP contribution in [0.3, 0.4) is 0 Å². The van der Waals surface area contributed by atoms with Gasteiger partial charge in [0.05, 0.1) is 12.3 Å². The normalized spacial score (nSPS) is 10.3. The van der Waals surface area contributed by atoms with Gasteiger partial charge in [0.25, 0.3) is 5.91 Å². The molecule has 0 unspecified atom stereocenters. The number of rotatable bonds is 6. The van der Waals surface area contributed by atoms with Gasteiger partial charge in [0.1, 0.15) is 11.4 Å². The van der Waals surface area contributed by atoms with Crippen LogP contribution >= 0.6 is 11.6 Å². The Morgan fingerprint density at radius 3 is 2.70 bits per heavy atom. The number of aryl methyl sites for hydroxylation is 1. The Balaban J connectivity index is 1.77. The second kappa shape index (κ2) is 8.56. The van der Waals surface area contributed by atoms with Gasteiger partial charge >= 0.3 is 0 Å². The molecule has 1 amide bonds. The molecule has 0 spiro atoms. The second-order valence-electron chi connectivity index (χ2n) is 5.90. The van der Waals surface area contributed by atoms with E-state index in [0.29, 0.717) is 23.0 Å². The molecule has 3 rings (SSSR count). The van der Waals surface area contributed by atoms with Crippen LogP contribution < -0.4 is 15.4 Å². The van der Waals surface area contributed by atoms with Gasteiger partial charge < -0.3 is 15.4 Å². The van der Waals surface area contributed by atoms with Crippen molar-refractivity contribution >= 4 is 34.6 Å². The first-order valence-electron chi connectivity index (χ1n) is 8.59. The molecule has 3 aromatic rings. The fourth-order valence-electron chi connectivity index (χ4n) is 2.50. The van der Waals surface area contributed by atoms with E-state index >= 15 is 0 Å². The van der Waals surface area contributed by atoms with E-state index in [2.05, 4.69) is 15.6 Å². The number of benzene rings is 2. The van der Waals surface area contributed by atoms with Crippen molar-refractivity contribution in [2.75, 3.05) is 17.2 Å². The van der Waals surface area contributed by atoms with Crippen LogP contribution in [0.15, 0.2) is 60.8 Å². The number of amides is 1. The van der Waals surface area contributed by atoms with E-state index in [-0.39, 0.29) is 5.91 Å². The van der Waals surface area contributed by atoms with Crippen molar-refractivity contribution < 1.29 is 9.53 Å². The highest BCUT2D eigenvalue weighted by atomic mass is 35.5. The molecule has 0 atom stereocenters. The fraction of sp³-hybridized carbons (Fsp3) is 0.143. The first kappa shape index (κ1) is 18.7. The van der Waals surface area contributed by atoms with E-state index in [1.54, 1.807) is 30.5 Å². The quantitative estimate of drug-likeness (QED) is 0.597. The topological polar surface area (TPSA) is 63.2 Å². The summed E-state index contributed by atoms with van der Waals surface area (Å²) in [4.78, 5) is 16.7. The van der Waals surface area contributed by atoms with Crippen LogP contribution in [0.25, 0.3) is 0 Å². The minimum atomic E-state index is -0.309. The average Bonchev–Trinajstić information content (AvgIpc) is 2.67. The van der Waals surface area contributed by atoms with Gasteiger partial charge in [-0.3, -0.25) is 9.78 Å².